The summed E-state index contributed by atoms with van der Waals surface area (Å²) >= 11 is 0. The van der Waals surface area contributed by atoms with Gasteiger partial charge in [-0.3, -0.25) is 9.69 Å². The lowest BCUT2D eigenvalue weighted by Crippen LogP contribution is -2.53. The molecule has 2 aromatic carbocycles. The molecular formula is C23H25F2N3O. The fourth-order valence-corrected chi connectivity index (χ4v) is 3.98. The zero-order valence-electron chi connectivity index (χ0n) is 16.7. The van der Waals surface area contributed by atoms with E-state index in [9.17, 15) is 13.6 Å². The molecule has 1 heterocycles. The van der Waals surface area contributed by atoms with Gasteiger partial charge in [-0.05, 0) is 75.2 Å². The average molecular weight is 397 g/mol. The number of carbonyl (C=O) groups is 1. The van der Waals surface area contributed by atoms with Gasteiger partial charge in [-0.1, -0.05) is 18.2 Å². The number of nitrogens with zero attached hydrogens (tertiary/aromatic N) is 2. The largest absolute Gasteiger partial charge is 0.347 e. The smallest absolute Gasteiger partial charge is 0.224 e. The van der Waals surface area contributed by atoms with Crippen molar-refractivity contribution in [1.29, 1.82) is 5.26 Å². The van der Waals surface area contributed by atoms with Crippen molar-refractivity contribution in [1.82, 2.24) is 10.2 Å². The molecule has 1 aliphatic rings. The first kappa shape index (κ1) is 20.9. The standard InChI is InChI=1S/C23H25F2N3O/c1-23(2,28-10-3-4-11-28)22(18-8-9-19(24)20(25)14-18)27-21(29)13-16-6-5-7-17(12-16)15-26/h5-9,12,14,22H,3-4,10-11,13H2,1-2H3,(H,27,29). The first-order valence-corrected chi connectivity index (χ1v) is 9.79. The van der Waals surface area contributed by atoms with Crippen molar-refractivity contribution in [3.8, 4) is 6.07 Å². The second-order valence-electron chi connectivity index (χ2n) is 8.01. The molecule has 29 heavy (non-hydrogen) atoms. The second kappa shape index (κ2) is 8.71. The van der Waals surface area contributed by atoms with E-state index >= 15 is 0 Å². The maximum Gasteiger partial charge on any atom is 0.224 e. The predicted octanol–water partition coefficient (Wildman–Crippen LogP) is 4.11. The first-order valence-electron chi connectivity index (χ1n) is 9.79. The summed E-state index contributed by atoms with van der Waals surface area (Å²) in [5.74, 6) is -2.08. The summed E-state index contributed by atoms with van der Waals surface area (Å²) in [4.78, 5) is 15.1. The van der Waals surface area contributed by atoms with Crippen LogP contribution >= 0.6 is 0 Å². The maximum absolute atomic E-state index is 13.9. The van der Waals surface area contributed by atoms with Crippen molar-refractivity contribution in [3.05, 3.63) is 70.8 Å². The fraction of sp³-hybridized carbons (Fsp3) is 0.391. The van der Waals surface area contributed by atoms with Gasteiger partial charge >= 0.3 is 0 Å². The lowest BCUT2D eigenvalue weighted by molar-refractivity contribution is -0.122. The van der Waals surface area contributed by atoms with Crippen LogP contribution in [0.5, 0.6) is 0 Å². The van der Waals surface area contributed by atoms with Crippen LogP contribution in [0.2, 0.25) is 0 Å². The van der Waals surface area contributed by atoms with E-state index in [1.165, 1.54) is 6.07 Å². The van der Waals surface area contributed by atoms with E-state index in [0.29, 0.717) is 11.1 Å². The number of hydrogen-bond acceptors (Lipinski definition) is 3. The molecule has 1 amide bonds. The number of nitriles is 1. The van der Waals surface area contributed by atoms with Gasteiger partial charge in [0, 0.05) is 5.54 Å². The highest BCUT2D eigenvalue weighted by Crippen LogP contribution is 2.34. The van der Waals surface area contributed by atoms with Crippen LogP contribution in [-0.4, -0.2) is 29.4 Å². The molecule has 0 radical (unpaired) electrons. The molecule has 1 atom stereocenters. The molecule has 4 nitrogen and oxygen atoms in total. The highest BCUT2D eigenvalue weighted by Gasteiger charge is 2.38. The predicted molar refractivity (Wildman–Crippen MR) is 107 cm³/mol. The van der Waals surface area contributed by atoms with E-state index in [-0.39, 0.29) is 12.3 Å². The summed E-state index contributed by atoms with van der Waals surface area (Å²) in [5.41, 5.74) is 1.26. The van der Waals surface area contributed by atoms with Crippen LogP contribution in [0.4, 0.5) is 8.78 Å². The quantitative estimate of drug-likeness (QED) is 0.798. The molecule has 1 fully saturated rings. The zero-order valence-corrected chi connectivity index (χ0v) is 16.7. The Morgan fingerprint density at radius 1 is 1.17 bits per heavy atom. The van der Waals surface area contributed by atoms with Crippen molar-refractivity contribution >= 4 is 5.91 Å². The lowest BCUT2D eigenvalue weighted by Gasteiger charge is -2.42. The molecule has 0 spiro atoms. The van der Waals surface area contributed by atoms with E-state index in [1.54, 1.807) is 24.3 Å². The molecule has 1 unspecified atom stereocenters. The molecule has 0 aliphatic carbocycles. The third-order valence-electron chi connectivity index (χ3n) is 5.63. The Morgan fingerprint density at radius 2 is 1.90 bits per heavy atom. The van der Waals surface area contributed by atoms with Crippen molar-refractivity contribution < 1.29 is 13.6 Å². The zero-order chi connectivity index (χ0) is 21.0. The number of nitrogens with one attached hydrogen (secondary N) is 1. The Balaban J connectivity index is 1.86. The normalized spacial score (nSPS) is 15.7. The summed E-state index contributed by atoms with van der Waals surface area (Å²) in [6.45, 7) is 5.82. The monoisotopic (exact) mass is 397 g/mol. The summed E-state index contributed by atoms with van der Waals surface area (Å²) in [6.07, 6.45) is 2.25. The molecular weight excluding hydrogens is 372 g/mol. The van der Waals surface area contributed by atoms with Crippen LogP contribution in [-0.2, 0) is 11.2 Å². The fourth-order valence-electron chi connectivity index (χ4n) is 3.98. The van der Waals surface area contributed by atoms with Gasteiger partial charge in [-0.25, -0.2) is 8.78 Å². The lowest BCUT2D eigenvalue weighted by atomic mass is 9.86. The molecule has 1 aliphatic heterocycles. The van der Waals surface area contributed by atoms with E-state index in [0.717, 1.165) is 43.6 Å². The number of benzene rings is 2. The van der Waals surface area contributed by atoms with Crippen molar-refractivity contribution in [2.75, 3.05) is 13.1 Å². The molecule has 0 bridgehead atoms. The number of hydrogen-bond donors (Lipinski definition) is 1. The molecule has 6 heteroatoms. The molecule has 3 rings (SSSR count). The Morgan fingerprint density at radius 3 is 2.55 bits per heavy atom. The summed E-state index contributed by atoms with van der Waals surface area (Å²) in [7, 11) is 0. The topological polar surface area (TPSA) is 56.1 Å². The number of halogens is 2. The van der Waals surface area contributed by atoms with Crippen LogP contribution in [0.15, 0.2) is 42.5 Å². The minimum atomic E-state index is -0.930. The highest BCUT2D eigenvalue weighted by molar-refractivity contribution is 5.79. The Labute approximate surface area is 170 Å². The van der Waals surface area contributed by atoms with Gasteiger partial charge in [0.1, 0.15) is 0 Å². The van der Waals surface area contributed by atoms with Crippen LogP contribution in [0, 0.1) is 23.0 Å². The Bertz CT molecular complexity index is 930. The van der Waals surface area contributed by atoms with Gasteiger partial charge < -0.3 is 5.32 Å². The van der Waals surface area contributed by atoms with Gasteiger partial charge in [0.15, 0.2) is 11.6 Å². The molecule has 1 saturated heterocycles. The van der Waals surface area contributed by atoms with Gasteiger partial charge in [0.25, 0.3) is 0 Å². The number of likely N-dealkylation sites (tertiary alicyclic amines) is 1. The summed E-state index contributed by atoms with van der Waals surface area (Å²) < 4.78 is 27.4. The van der Waals surface area contributed by atoms with Crippen molar-refractivity contribution in [2.24, 2.45) is 0 Å². The maximum atomic E-state index is 13.9. The van der Waals surface area contributed by atoms with Gasteiger partial charge in [0.05, 0.1) is 24.1 Å². The minimum Gasteiger partial charge on any atom is -0.347 e. The Hall–Kier alpha value is -2.78. The molecule has 1 N–H and O–H groups in total. The first-order chi connectivity index (χ1) is 13.8. The molecule has 152 valence electrons. The van der Waals surface area contributed by atoms with Crippen LogP contribution in [0.25, 0.3) is 0 Å². The number of rotatable bonds is 6. The number of carbonyl (C=O) groups excluding carboxylic acids is 1. The minimum absolute atomic E-state index is 0.103. The van der Waals surface area contributed by atoms with E-state index < -0.39 is 23.2 Å². The SMILES string of the molecule is CC(C)(C(NC(=O)Cc1cccc(C#N)c1)c1ccc(F)c(F)c1)N1CCCC1. The Kier molecular flexibility index (Phi) is 6.29. The van der Waals surface area contributed by atoms with Gasteiger partial charge in [-0.2, -0.15) is 5.26 Å². The summed E-state index contributed by atoms with van der Waals surface area (Å²) in [6, 6.07) is 12.2. The van der Waals surface area contributed by atoms with Crippen LogP contribution in [0.3, 0.4) is 0 Å². The second-order valence-corrected chi connectivity index (χ2v) is 8.01. The van der Waals surface area contributed by atoms with Crippen molar-refractivity contribution in [2.45, 2.75) is 44.7 Å². The van der Waals surface area contributed by atoms with E-state index in [4.69, 9.17) is 5.26 Å². The van der Waals surface area contributed by atoms with Crippen molar-refractivity contribution in [3.63, 3.8) is 0 Å². The molecule has 0 aromatic heterocycles. The van der Waals surface area contributed by atoms with Crippen LogP contribution < -0.4 is 5.32 Å². The third kappa shape index (κ3) is 4.80. The highest BCUT2D eigenvalue weighted by atomic mass is 19.2. The summed E-state index contributed by atoms with van der Waals surface area (Å²) in [5, 5.41) is 12.1. The molecule has 0 saturated carbocycles. The number of amides is 1. The third-order valence-corrected chi connectivity index (χ3v) is 5.63. The van der Waals surface area contributed by atoms with Gasteiger partial charge in [-0.15, -0.1) is 0 Å². The van der Waals surface area contributed by atoms with E-state index in [1.807, 2.05) is 13.8 Å². The van der Waals surface area contributed by atoms with Crippen LogP contribution in [0.1, 0.15) is 49.4 Å². The van der Waals surface area contributed by atoms with E-state index in [2.05, 4.69) is 16.3 Å². The van der Waals surface area contributed by atoms with Gasteiger partial charge in [0.2, 0.25) is 5.91 Å². The average Bonchev–Trinajstić information content (AvgIpc) is 3.24. The molecule has 2 aromatic rings.